The molecule has 0 unspecified atom stereocenters. The normalized spacial score (nSPS) is 14.3. The largest absolute Gasteiger partial charge is 0.366 e. The van der Waals surface area contributed by atoms with Gasteiger partial charge in [0.2, 0.25) is 0 Å². The average Bonchev–Trinajstić information content (AvgIpc) is 2.93. The lowest BCUT2D eigenvalue weighted by Crippen LogP contribution is -2.38. The fraction of sp³-hybridized carbons (Fsp3) is 0.308. The maximum absolute atomic E-state index is 12.9. The van der Waals surface area contributed by atoms with Crippen LogP contribution in [0.15, 0.2) is 73.1 Å². The lowest BCUT2D eigenvalue weighted by Gasteiger charge is -2.37. The van der Waals surface area contributed by atoms with Crippen molar-refractivity contribution in [3.05, 3.63) is 101 Å². The van der Waals surface area contributed by atoms with Crippen LogP contribution < -0.4 is 0 Å². The summed E-state index contributed by atoms with van der Waals surface area (Å²) >= 11 is 0. The number of hydrogen-bond donors (Lipinski definition) is 0. The molecule has 3 aromatic rings. The van der Waals surface area contributed by atoms with Crippen LogP contribution in [-0.2, 0) is 23.2 Å². The molecule has 0 atom stereocenters. The van der Waals surface area contributed by atoms with Crippen LogP contribution >= 0.6 is 0 Å². The Bertz CT molecular complexity index is 969. The van der Waals surface area contributed by atoms with Crippen molar-refractivity contribution in [3.8, 4) is 0 Å². The van der Waals surface area contributed by atoms with Crippen LogP contribution in [-0.4, -0.2) is 36.0 Å². The number of carbonyl (C=O) groups is 1. The monoisotopic (exact) mass is 400 g/mol. The fourth-order valence-corrected chi connectivity index (χ4v) is 4.56. The minimum atomic E-state index is -0.564. The van der Waals surface area contributed by atoms with Crippen molar-refractivity contribution in [2.45, 2.75) is 31.8 Å². The summed E-state index contributed by atoms with van der Waals surface area (Å²) in [6.45, 7) is 3.23. The Labute approximate surface area is 178 Å². The molecule has 1 amide bonds. The first-order valence-corrected chi connectivity index (χ1v) is 10.6. The van der Waals surface area contributed by atoms with E-state index in [1.165, 1.54) is 22.3 Å². The van der Waals surface area contributed by atoms with Crippen LogP contribution in [0.3, 0.4) is 0 Å². The van der Waals surface area contributed by atoms with E-state index in [4.69, 9.17) is 4.74 Å². The van der Waals surface area contributed by atoms with Gasteiger partial charge in [-0.1, -0.05) is 48.5 Å². The topological polar surface area (TPSA) is 42.4 Å². The number of nitrogens with zero attached hydrogens (tertiary/aromatic N) is 2. The summed E-state index contributed by atoms with van der Waals surface area (Å²) in [6.07, 6.45) is 5.99. The fourth-order valence-electron chi connectivity index (χ4n) is 4.56. The van der Waals surface area contributed by atoms with Crippen molar-refractivity contribution in [2.75, 3.05) is 20.2 Å². The second-order valence-electron chi connectivity index (χ2n) is 7.79. The van der Waals surface area contributed by atoms with E-state index < -0.39 is 5.60 Å². The Morgan fingerprint density at radius 1 is 0.967 bits per heavy atom. The highest BCUT2D eigenvalue weighted by Crippen LogP contribution is 2.43. The highest BCUT2D eigenvalue weighted by molar-refractivity contribution is 5.93. The maximum Gasteiger partial charge on any atom is 0.253 e. The molecular formula is C26H28N2O2. The summed E-state index contributed by atoms with van der Waals surface area (Å²) in [5.74, 6) is -0.000703. The minimum Gasteiger partial charge on any atom is -0.366 e. The first-order chi connectivity index (χ1) is 14.7. The molecule has 1 aromatic heterocycles. The lowest BCUT2D eigenvalue weighted by atomic mass is 9.80. The van der Waals surface area contributed by atoms with Crippen molar-refractivity contribution in [1.29, 1.82) is 0 Å². The van der Waals surface area contributed by atoms with Crippen molar-refractivity contribution in [2.24, 2.45) is 0 Å². The van der Waals surface area contributed by atoms with Crippen molar-refractivity contribution in [1.82, 2.24) is 9.88 Å². The molecule has 0 radical (unpaired) electrons. The third-order valence-corrected chi connectivity index (χ3v) is 6.03. The predicted molar refractivity (Wildman–Crippen MR) is 119 cm³/mol. The summed E-state index contributed by atoms with van der Waals surface area (Å²) in [6, 6.07) is 20.7. The van der Waals surface area contributed by atoms with Crippen LogP contribution in [0.2, 0.25) is 0 Å². The third kappa shape index (κ3) is 3.75. The molecule has 0 spiro atoms. The van der Waals surface area contributed by atoms with Gasteiger partial charge < -0.3 is 9.64 Å². The van der Waals surface area contributed by atoms with Crippen LogP contribution in [0.25, 0.3) is 0 Å². The van der Waals surface area contributed by atoms with Gasteiger partial charge >= 0.3 is 0 Å². The number of rotatable bonds is 6. The number of hydrogen-bond acceptors (Lipinski definition) is 3. The average molecular weight is 401 g/mol. The number of pyridine rings is 1. The molecule has 0 saturated carbocycles. The zero-order valence-electron chi connectivity index (χ0n) is 17.7. The molecule has 1 aliphatic carbocycles. The van der Waals surface area contributed by atoms with Gasteiger partial charge in [0, 0.05) is 44.6 Å². The van der Waals surface area contributed by atoms with E-state index in [2.05, 4.69) is 53.5 Å². The number of fused-ring (bicyclic) bond motifs is 2. The maximum atomic E-state index is 12.9. The van der Waals surface area contributed by atoms with Gasteiger partial charge in [-0.2, -0.15) is 0 Å². The van der Waals surface area contributed by atoms with Gasteiger partial charge in [0.05, 0.1) is 0 Å². The Morgan fingerprint density at radius 3 is 2.10 bits per heavy atom. The van der Waals surface area contributed by atoms with Gasteiger partial charge in [-0.3, -0.25) is 9.78 Å². The van der Waals surface area contributed by atoms with Gasteiger partial charge in [-0.25, -0.2) is 0 Å². The quantitative estimate of drug-likeness (QED) is 0.606. The number of ether oxygens (including phenoxy) is 1. The van der Waals surface area contributed by atoms with E-state index in [9.17, 15) is 4.79 Å². The molecule has 30 heavy (non-hydrogen) atoms. The molecule has 0 bridgehead atoms. The molecule has 0 saturated heterocycles. The standard InChI is InChI=1S/C26H28N2O2/c1-3-30-26(16-19-28(2)25(29)22-14-17-27-18-15-22)23-10-6-4-8-20(23)12-13-21-9-5-7-11-24(21)26/h4-11,14-15,17-18H,3,12-13,16,19H2,1-2H3. The minimum absolute atomic E-state index is 0.000703. The Hall–Kier alpha value is -2.98. The molecule has 154 valence electrons. The van der Waals surface area contributed by atoms with E-state index in [0.29, 0.717) is 25.1 Å². The van der Waals surface area contributed by atoms with Crippen LogP contribution in [0.1, 0.15) is 46.0 Å². The van der Waals surface area contributed by atoms with Crippen molar-refractivity contribution >= 4 is 5.91 Å². The molecule has 4 heteroatoms. The van der Waals surface area contributed by atoms with Crippen molar-refractivity contribution < 1.29 is 9.53 Å². The van der Waals surface area contributed by atoms with E-state index in [0.717, 1.165) is 12.8 Å². The van der Waals surface area contributed by atoms with Gasteiger partial charge in [-0.05, 0) is 54.2 Å². The SMILES string of the molecule is CCOC1(CCN(C)C(=O)c2ccncc2)c2ccccc2CCc2ccccc21. The van der Waals surface area contributed by atoms with Gasteiger partial charge in [0.15, 0.2) is 0 Å². The van der Waals surface area contributed by atoms with E-state index >= 15 is 0 Å². The summed E-state index contributed by atoms with van der Waals surface area (Å²) < 4.78 is 6.59. The summed E-state index contributed by atoms with van der Waals surface area (Å²) in [5, 5.41) is 0. The Kier molecular flexibility index (Phi) is 5.96. The molecule has 0 N–H and O–H groups in total. The molecule has 2 aromatic carbocycles. The smallest absolute Gasteiger partial charge is 0.253 e. The van der Waals surface area contributed by atoms with Crippen molar-refractivity contribution in [3.63, 3.8) is 0 Å². The predicted octanol–water partition coefficient (Wildman–Crippen LogP) is 4.62. The highest BCUT2D eigenvalue weighted by atomic mass is 16.5. The second kappa shape index (κ2) is 8.80. The van der Waals surface area contributed by atoms with E-state index in [-0.39, 0.29) is 5.91 Å². The molecule has 1 heterocycles. The Morgan fingerprint density at radius 2 is 1.53 bits per heavy atom. The zero-order chi connectivity index (χ0) is 21.0. The number of amides is 1. The lowest BCUT2D eigenvalue weighted by molar-refractivity contribution is -0.0220. The van der Waals surface area contributed by atoms with Gasteiger partial charge in [0.1, 0.15) is 5.60 Å². The molecule has 1 aliphatic rings. The van der Waals surface area contributed by atoms with E-state index in [1.807, 2.05) is 14.0 Å². The third-order valence-electron chi connectivity index (χ3n) is 6.03. The first-order valence-electron chi connectivity index (χ1n) is 10.6. The molecule has 4 nitrogen and oxygen atoms in total. The highest BCUT2D eigenvalue weighted by Gasteiger charge is 2.40. The van der Waals surface area contributed by atoms with Gasteiger partial charge in [-0.15, -0.1) is 0 Å². The van der Waals surface area contributed by atoms with Gasteiger partial charge in [0.25, 0.3) is 5.91 Å². The summed E-state index contributed by atoms with van der Waals surface area (Å²) in [4.78, 5) is 18.7. The summed E-state index contributed by atoms with van der Waals surface area (Å²) in [5.41, 5.74) is 5.18. The van der Waals surface area contributed by atoms with E-state index in [1.54, 1.807) is 29.4 Å². The number of benzene rings is 2. The van der Waals surface area contributed by atoms with Crippen LogP contribution in [0.4, 0.5) is 0 Å². The Balaban J connectivity index is 1.72. The molecule has 0 fully saturated rings. The number of aryl methyl sites for hydroxylation is 2. The first kappa shape index (κ1) is 20.3. The molecular weight excluding hydrogens is 372 g/mol. The number of carbonyl (C=O) groups excluding carboxylic acids is 1. The second-order valence-corrected chi connectivity index (χ2v) is 7.79. The molecule has 0 aliphatic heterocycles. The molecule has 4 rings (SSSR count). The zero-order valence-corrected chi connectivity index (χ0v) is 17.7. The van der Waals surface area contributed by atoms with Crippen LogP contribution in [0.5, 0.6) is 0 Å². The summed E-state index contributed by atoms with van der Waals surface area (Å²) in [7, 11) is 1.86. The van der Waals surface area contributed by atoms with Crippen LogP contribution in [0, 0.1) is 0 Å². The number of aromatic nitrogens is 1.